The Morgan fingerprint density at radius 3 is 2.94 bits per heavy atom. The van der Waals surface area contributed by atoms with E-state index in [0.717, 1.165) is 6.07 Å². The zero-order valence-corrected chi connectivity index (χ0v) is 8.78. The van der Waals surface area contributed by atoms with Crippen molar-refractivity contribution in [2.45, 2.75) is 13.0 Å². The maximum atomic E-state index is 12.9. The monoisotopic (exact) mass is 224 g/mol. The van der Waals surface area contributed by atoms with Crippen molar-refractivity contribution in [1.29, 1.82) is 0 Å². The van der Waals surface area contributed by atoms with Gasteiger partial charge >= 0.3 is 5.97 Å². The van der Waals surface area contributed by atoms with Crippen LogP contribution in [0.25, 0.3) is 0 Å². The van der Waals surface area contributed by atoms with Crippen LogP contribution in [0, 0.1) is 5.82 Å². The molecule has 1 rings (SSSR count). The predicted octanol–water partition coefficient (Wildman–Crippen LogP) is 2.62. The quantitative estimate of drug-likeness (QED) is 0.596. The number of halogens is 1. The summed E-state index contributed by atoms with van der Waals surface area (Å²) in [6.45, 7) is 4.07. The molecule has 0 saturated heterocycles. The van der Waals surface area contributed by atoms with Crippen molar-refractivity contribution in [1.82, 2.24) is 0 Å². The van der Waals surface area contributed by atoms with Crippen molar-refractivity contribution < 1.29 is 19.0 Å². The van der Waals surface area contributed by atoms with E-state index in [0.29, 0.717) is 18.6 Å². The molecule has 0 spiro atoms. The van der Waals surface area contributed by atoms with Crippen LogP contribution in [0.1, 0.15) is 22.3 Å². The molecule has 1 N–H and O–H groups in total. The molecule has 0 atom stereocenters. The zero-order valence-electron chi connectivity index (χ0n) is 8.78. The largest absolute Gasteiger partial charge is 0.478 e. The Hall–Kier alpha value is -1.68. The van der Waals surface area contributed by atoms with Crippen LogP contribution >= 0.6 is 0 Å². The van der Waals surface area contributed by atoms with Crippen LogP contribution in [0.3, 0.4) is 0 Å². The first kappa shape index (κ1) is 12.4. The number of ether oxygens (including phenoxy) is 1. The Labute approximate surface area is 93.2 Å². The van der Waals surface area contributed by atoms with Crippen molar-refractivity contribution in [3.8, 4) is 0 Å². The van der Waals surface area contributed by atoms with Crippen LogP contribution in [0.4, 0.5) is 4.39 Å². The smallest absolute Gasteiger partial charge is 0.336 e. The number of rotatable bonds is 6. The van der Waals surface area contributed by atoms with Gasteiger partial charge in [0.05, 0.1) is 18.8 Å². The van der Waals surface area contributed by atoms with Crippen molar-refractivity contribution in [2.24, 2.45) is 0 Å². The van der Waals surface area contributed by atoms with Crippen molar-refractivity contribution in [2.75, 3.05) is 6.61 Å². The predicted molar refractivity (Wildman–Crippen MR) is 57.8 cm³/mol. The molecule has 1 aromatic rings. The Bertz CT molecular complexity index is 388. The maximum Gasteiger partial charge on any atom is 0.336 e. The average Bonchev–Trinajstić information content (AvgIpc) is 2.24. The lowest BCUT2D eigenvalue weighted by Gasteiger charge is -2.06. The van der Waals surface area contributed by atoms with E-state index in [4.69, 9.17) is 9.84 Å². The van der Waals surface area contributed by atoms with Gasteiger partial charge in [0, 0.05) is 0 Å². The fourth-order valence-corrected chi connectivity index (χ4v) is 1.24. The molecule has 3 nitrogen and oxygen atoms in total. The number of benzene rings is 1. The van der Waals surface area contributed by atoms with E-state index in [9.17, 15) is 9.18 Å². The SMILES string of the molecule is C=CCCOCc1cc(F)ccc1C(=O)O. The second-order valence-corrected chi connectivity index (χ2v) is 3.24. The second-order valence-electron chi connectivity index (χ2n) is 3.24. The molecular formula is C12H13FO3. The van der Waals surface area contributed by atoms with E-state index < -0.39 is 11.8 Å². The van der Waals surface area contributed by atoms with E-state index >= 15 is 0 Å². The Balaban J connectivity index is 2.72. The summed E-state index contributed by atoms with van der Waals surface area (Å²) in [7, 11) is 0. The minimum absolute atomic E-state index is 0.0694. The third kappa shape index (κ3) is 3.47. The highest BCUT2D eigenvalue weighted by atomic mass is 19.1. The second kappa shape index (κ2) is 6.02. The summed E-state index contributed by atoms with van der Waals surface area (Å²) in [4.78, 5) is 10.8. The van der Waals surface area contributed by atoms with Crippen molar-refractivity contribution in [3.05, 3.63) is 47.8 Å². The molecule has 0 radical (unpaired) electrons. The van der Waals surface area contributed by atoms with Gasteiger partial charge in [-0.15, -0.1) is 6.58 Å². The zero-order chi connectivity index (χ0) is 12.0. The summed E-state index contributed by atoms with van der Waals surface area (Å²) in [5, 5.41) is 8.87. The van der Waals surface area contributed by atoms with Gasteiger partial charge in [-0.3, -0.25) is 0 Å². The first-order valence-corrected chi connectivity index (χ1v) is 4.85. The highest BCUT2D eigenvalue weighted by Gasteiger charge is 2.10. The molecule has 0 aliphatic carbocycles. The van der Waals surface area contributed by atoms with Crippen LogP contribution in [0.5, 0.6) is 0 Å². The van der Waals surface area contributed by atoms with Gasteiger partial charge in [0.15, 0.2) is 0 Å². The Kier molecular flexibility index (Phi) is 4.66. The van der Waals surface area contributed by atoms with E-state index in [1.807, 2.05) is 0 Å². The molecule has 0 aliphatic rings. The number of carboxylic acid groups (broad SMARTS) is 1. The van der Waals surface area contributed by atoms with E-state index in [2.05, 4.69) is 6.58 Å². The lowest BCUT2D eigenvalue weighted by Crippen LogP contribution is -2.05. The summed E-state index contributed by atoms with van der Waals surface area (Å²) >= 11 is 0. The molecule has 0 heterocycles. The summed E-state index contributed by atoms with van der Waals surface area (Å²) in [6, 6.07) is 3.54. The lowest BCUT2D eigenvalue weighted by molar-refractivity contribution is 0.0687. The van der Waals surface area contributed by atoms with E-state index in [-0.39, 0.29) is 12.2 Å². The number of carbonyl (C=O) groups is 1. The van der Waals surface area contributed by atoms with E-state index in [1.54, 1.807) is 6.08 Å². The van der Waals surface area contributed by atoms with Gasteiger partial charge in [-0.1, -0.05) is 6.08 Å². The third-order valence-corrected chi connectivity index (χ3v) is 2.02. The Morgan fingerprint density at radius 1 is 1.56 bits per heavy atom. The molecule has 0 fully saturated rings. The molecule has 0 aliphatic heterocycles. The fourth-order valence-electron chi connectivity index (χ4n) is 1.24. The number of hydrogen-bond donors (Lipinski definition) is 1. The molecule has 16 heavy (non-hydrogen) atoms. The van der Waals surface area contributed by atoms with Crippen molar-refractivity contribution in [3.63, 3.8) is 0 Å². The van der Waals surface area contributed by atoms with Gasteiger partial charge in [0.1, 0.15) is 5.82 Å². The molecule has 4 heteroatoms. The highest BCUT2D eigenvalue weighted by Crippen LogP contribution is 2.13. The van der Waals surface area contributed by atoms with Gasteiger partial charge < -0.3 is 9.84 Å². The van der Waals surface area contributed by atoms with Crippen LogP contribution in [0.2, 0.25) is 0 Å². The molecular weight excluding hydrogens is 211 g/mol. The minimum Gasteiger partial charge on any atom is -0.478 e. The maximum absolute atomic E-state index is 12.9. The lowest BCUT2D eigenvalue weighted by atomic mass is 10.1. The van der Waals surface area contributed by atoms with Gasteiger partial charge in [-0.2, -0.15) is 0 Å². The average molecular weight is 224 g/mol. The van der Waals surface area contributed by atoms with E-state index in [1.165, 1.54) is 12.1 Å². The molecule has 0 aromatic heterocycles. The topological polar surface area (TPSA) is 46.5 Å². The first-order valence-electron chi connectivity index (χ1n) is 4.85. The minimum atomic E-state index is -1.08. The van der Waals surface area contributed by atoms with Gasteiger partial charge in [0.2, 0.25) is 0 Å². The fraction of sp³-hybridized carbons (Fsp3) is 0.250. The van der Waals surface area contributed by atoms with Gasteiger partial charge in [-0.25, -0.2) is 9.18 Å². The van der Waals surface area contributed by atoms with Gasteiger partial charge in [-0.05, 0) is 30.2 Å². The van der Waals surface area contributed by atoms with Crippen LogP contribution in [0.15, 0.2) is 30.9 Å². The Morgan fingerprint density at radius 2 is 2.31 bits per heavy atom. The summed E-state index contributed by atoms with van der Waals surface area (Å²) in [6.07, 6.45) is 2.38. The normalized spacial score (nSPS) is 10.1. The molecule has 1 aromatic carbocycles. The van der Waals surface area contributed by atoms with Crippen LogP contribution in [-0.4, -0.2) is 17.7 Å². The van der Waals surface area contributed by atoms with Crippen LogP contribution in [-0.2, 0) is 11.3 Å². The molecule has 0 unspecified atom stereocenters. The van der Waals surface area contributed by atoms with Crippen molar-refractivity contribution >= 4 is 5.97 Å². The van der Waals surface area contributed by atoms with Crippen LogP contribution < -0.4 is 0 Å². The van der Waals surface area contributed by atoms with Gasteiger partial charge in [0.25, 0.3) is 0 Å². The highest BCUT2D eigenvalue weighted by molar-refractivity contribution is 5.89. The molecule has 0 saturated carbocycles. The third-order valence-electron chi connectivity index (χ3n) is 2.02. The summed E-state index contributed by atoms with van der Waals surface area (Å²) in [5.41, 5.74) is 0.413. The number of hydrogen-bond acceptors (Lipinski definition) is 2. The summed E-state index contributed by atoms with van der Waals surface area (Å²) < 4.78 is 18.1. The molecule has 0 bridgehead atoms. The number of carboxylic acids is 1. The first-order chi connectivity index (χ1) is 7.65. The molecule has 86 valence electrons. The number of aromatic carboxylic acids is 1. The standard InChI is InChI=1S/C12H13FO3/c1-2-3-6-16-8-9-7-10(13)4-5-11(9)12(14)15/h2,4-5,7H,1,3,6,8H2,(H,14,15). The molecule has 0 amide bonds. The summed E-state index contributed by atoms with van der Waals surface area (Å²) in [5.74, 6) is -1.55.